The maximum atomic E-state index is 12.1. The molecule has 4 heteroatoms. The Hall–Kier alpha value is -1.06. The highest BCUT2D eigenvalue weighted by Gasteiger charge is 2.51. The Labute approximate surface area is 102 Å². The summed E-state index contributed by atoms with van der Waals surface area (Å²) in [5, 5.41) is 2.69. The third-order valence-electron chi connectivity index (χ3n) is 4.86. The fourth-order valence-electron chi connectivity index (χ4n) is 4.01. The zero-order valence-corrected chi connectivity index (χ0v) is 10.5. The molecule has 1 aliphatic heterocycles. The van der Waals surface area contributed by atoms with Gasteiger partial charge >= 0.3 is 0 Å². The Morgan fingerprint density at radius 1 is 1.24 bits per heavy atom. The van der Waals surface area contributed by atoms with E-state index < -0.39 is 5.54 Å². The molecule has 3 fully saturated rings. The summed E-state index contributed by atoms with van der Waals surface area (Å²) in [4.78, 5) is 25.9. The number of piperazine rings is 1. The first-order valence-electron chi connectivity index (χ1n) is 6.60. The first-order chi connectivity index (χ1) is 8.00. The molecule has 2 bridgehead atoms. The van der Waals surface area contributed by atoms with Crippen LogP contribution < -0.4 is 5.32 Å². The number of hydrogen-bond acceptors (Lipinski definition) is 2. The van der Waals surface area contributed by atoms with Crippen molar-refractivity contribution >= 4 is 11.8 Å². The zero-order valence-electron chi connectivity index (χ0n) is 10.5. The first-order valence-corrected chi connectivity index (χ1v) is 6.60. The van der Waals surface area contributed by atoms with E-state index in [1.54, 1.807) is 0 Å². The molecular weight excluding hydrogens is 216 g/mol. The summed E-state index contributed by atoms with van der Waals surface area (Å²) >= 11 is 0. The number of nitrogens with zero attached hydrogens (tertiary/aromatic N) is 1. The van der Waals surface area contributed by atoms with Crippen LogP contribution in [0.3, 0.4) is 0 Å². The van der Waals surface area contributed by atoms with Crippen molar-refractivity contribution in [2.24, 2.45) is 11.8 Å². The van der Waals surface area contributed by atoms with E-state index >= 15 is 0 Å². The van der Waals surface area contributed by atoms with Gasteiger partial charge in [-0.3, -0.25) is 9.59 Å². The number of carbonyl (C=O) groups excluding carboxylic acids is 2. The SMILES string of the molecule is CC1(C)C(=O)NCC(=O)N1C1CC2CCC1C2. The standard InChI is InChI=1S/C13H20N2O2/c1-13(2)12(17)14-7-11(16)15(13)10-6-8-3-4-9(10)5-8/h8-10H,3-7H2,1-2H3,(H,14,17). The molecule has 4 nitrogen and oxygen atoms in total. The number of carbonyl (C=O) groups is 2. The predicted molar refractivity (Wildman–Crippen MR) is 63.2 cm³/mol. The third kappa shape index (κ3) is 1.49. The van der Waals surface area contributed by atoms with Crippen molar-refractivity contribution in [3.8, 4) is 0 Å². The number of fused-ring (bicyclic) bond motifs is 2. The molecule has 0 aromatic rings. The highest BCUT2D eigenvalue weighted by molar-refractivity contribution is 5.97. The van der Waals surface area contributed by atoms with E-state index in [9.17, 15) is 9.59 Å². The highest BCUT2D eigenvalue weighted by Crippen LogP contribution is 2.48. The van der Waals surface area contributed by atoms with Gasteiger partial charge in [0.15, 0.2) is 0 Å². The number of nitrogens with one attached hydrogen (secondary N) is 1. The van der Waals surface area contributed by atoms with E-state index in [1.165, 1.54) is 19.3 Å². The molecule has 0 aromatic heterocycles. The highest BCUT2D eigenvalue weighted by atomic mass is 16.2. The van der Waals surface area contributed by atoms with Gasteiger partial charge in [0.1, 0.15) is 5.54 Å². The minimum absolute atomic E-state index is 0.0140. The van der Waals surface area contributed by atoms with Gasteiger partial charge in [-0.1, -0.05) is 6.42 Å². The van der Waals surface area contributed by atoms with Crippen molar-refractivity contribution in [2.75, 3.05) is 6.54 Å². The van der Waals surface area contributed by atoms with Gasteiger partial charge in [-0.25, -0.2) is 0 Å². The molecule has 2 aliphatic carbocycles. The average Bonchev–Trinajstić information content (AvgIpc) is 2.86. The van der Waals surface area contributed by atoms with E-state index in [1.807, 2.05) is 18.7 Å². The summed E-state index contributed by atoms with van der Waals surface area (Å²) in [6.45, 7) is 3.91. The molecule has 17 heavy (non-hydrogen) atoms. The minimum atomic E-state index is -0.676. The Kier molecular flexibility index (Phi) is 2.25. The van der Waals surface area contributed by atoms with Gasteiger partial charge < -0.3 is 10.2 Å². The molecule has 2 saturated carbocycles. The topological polar surface area (TPSA) is 49.4 Å². The Morgan fingerprint density at radius 2 is 2.00 bits per heavy atom. The second-order valence-electron chi connectivity index (χ2n) is 6.25. The predicted octanol–water partition coefficient (Wildman–Crippen LogP) is 0.912. The average molecular weight is 236 g/mol. The van der Waals surface area contributed by atoms with Crippen LogP contribution in [0.5, 0.6) is 0 Å². The Balaban J connectivity index is 1.89. The van der Waals surface area contributed by atoms with Gasteiger partial charge in [-0.15, -0.1) is 0 Å². The van der Waals surface area contributed by atoms with E-state index in [4.69, 9.17) is 0 Å². The lowest BCUT2D eigenvalue weighted by molar-refractivity contribution is -0.156. The molecule has 1 heterocycles. The third-order valence-corrected chi connectivity index (χ3v) is 4.86. The van der Waals surface area contributed by atoms with Gasteiger partial charge in [-0.2, -0.15) is 0 Å². The largest absolute Gasteiger partial charge is 0.345 e. The molecule has 2 amide bonds. The van der Waals surface area contributed by atoms with Gasteiger partial charge in [0.05, 0.1) is 6.54 Å². The second-order valence-corrected chi connectivity index (χ2v) is 6.25. The summed E-state index contributed by atoms with van der Waals surface area (Å²) in [7, 11) is 0. The quantitative estimate of drug-likeness (QED) is 0.735. The van der Waals surface area contributed by atoms with Crippen LogP contribution in [0, 0.1) is 11.8 Å². The van der Waals surface area contributed by atoms with Crippen molar-refractivity contribution in [3.05, 3.63) is 0 Å². The summed E-state index contributed by atoms with van der Waals surface area (Å²) in [5.74, 6) is 1.50. The molecule has 3 rings (SSSR count). The van der Waals surface area contributed by atoms with Crippen LogP contribution in [-0.2, 0) is 9.59 Å². The van der Waals surface area contributed by atoms with Gasteiger partial charge in [0.2, 0.25) is 11.8 Å². The van der Waals surface area contributed by atoms with Crippen LogP contribution in [0.1, 0.15) is 39.5 Å². The fraction of sp³-hybridized carbons (Fsp3) is 0.846. The molecule has 3 aliphatic rings. The van der Waals surface area contributed by atoms with Gasteiger partial charge in [0.25, 0.3) is 0 Å². The van der Waals surface area contributed by atoms with Crippen LogP contribution in [0.15, 0.2) is 0 Å². The van der Waals surface area contributed by atoms with Crippen molar-refractivity contribution < 1.29 is 9.59 Å². The van der Waals surface area contributed by atoms with Gasteiger partial charge in [-0.05, 0) is 44.9 Å². The Morgan fingerprint density at radius 3 is 2.59 bits per heavy atom. The zero-order chi connectivity index (χ0) is 12.2. The maximum Gasteiger partial charge on any atom is 0.245 e. The summed E-state index contributed by atoms with van der Waals surface area (Å²) in [5.41, 5.74) is -0.676. The summed E-state index contributed by atoms with van der Waals surface area (Å²) < 4.78 is 0. The molecule has 3 atom stereocenters. The molecule has 0 spiro atoms. The number of hydrogen-bond donors (Lipinski definition) is 1. The Bertz CT molecular complexity index is 378. The molecular formula is C13H20N2O2. The number of amides is 2. The van der Waals surface area contributed by atoms with E-state index in [-0.39, 0.29) is 18.4 Å². The number of rotatable bonds is 1. The first kappa shape index (κ1) is 11.1. The lowest BCUT2D eigenvalue weighted by atomic mass is 9.88. The molecule has 1 saturated heterocycles. The van der Waals surface area contributed by atoms with Crippen LogP contribution in [-0.4, -0.2) is 34.8 Å². The maximum absolute atomic E-state index is 12.1. The van der Waals surface area contributed by atoms with E-state index in [0.29, 0.717) is 12.0 Å². The van der Waals surface area contributed by atoms with Crippen LogP contribution in [0.2, 0.25) is 0 Å². The van der Waals surface area contributed by atoms with Crippen LogP contribution >= 0.6 is 0 Å². The normalized spacial score (nSPS) is 39.6. The summed E-state index contributed by atoms with van der Waals surface area (Å²) in [6, 6.07) is 0.308. The van der Waals surface area contributed by atoms with Crippen LogP contribution in [0.4, 0.5) is 0 Å². The molecule has 3 unspecified atom stereocenters. The van der Waals surface area contributed by atoms with Crippen LogP contribution in [0.25, 0.3) is 0 Å². The van der Waals surface area contributed by atoms with Crippen molar-refractivity contribution in [3.63, 3.8) is 0 Å². The molecule has 0 aromatic carbocycles. The van der Waals surface area contributed by atoms with Crippen molar-refractivity contribution in [1.29, 1.82) is 0 Å². The lowest BCUT2D eigenvalue weighted by Gasteiger charge is -2.47. The van der Waals surface area contributed by atoms with Crippen molar-refractivity contribution in [1.82, 2.24) is 10.2 Å². The minimum Gasteiger partial charge on any atom is -0.345 e. The van der Waals surface area contributed by atoms with Crippen molar-refractivity contribution in [2.45, 2.75) is 51.1 Å². The molecule has 0 radical (unpaired) electrons. The van der Waals surface area contributed by atoms with Gasteiger partial charge in [0, 0.05) is 6.04 Å². The lowest BCUT2D eigenvalue weighted by Crippen LogP contribution is -2.67. The van der Waals surface area contributed by atoms with E-state index in [0.717, 1.165) is 12.3 Å². The summed E-state index contributed by atoms with van der Waals surface area (Å²) in [6.07, 6.45) is 4.91. The monoisotopic (exact) mass is 236 g/mol. The second kappa shape index (κ2) is 3.47. The fourth-order valence-corrected chi connectivity index (χ4v) is 4.01. The molecule has 1 N–H and O–H groups in total. The molecule has 94 valence electrons. The van der Waals surface area contributed by atoms with E-state index in [2.05, 4.69) is 5.32 Å². The smallest absolute Gasteiger partial charge is 0.245 e.